The fourth-order valence-electron chi connectivity index (χ4n) is 2.40. The average molecular weight is 372 g/mol. The first-order valence-corrected chi connectivity index (χ1v) is 9.41. The van der Waals surface area contributed by atoms with Crippen LogP contribution in [0.4, 0.5) is 0 Å². The number of halogens is 2. The number of nitrogens with zero attached hydrogens (tertiary/aromatic N) is 1. The van der Waals surface area contributed by atoms with Crippen LogP contribution in [0.3, 0.4) is 0 Å². The molecule has 1 aromatic rings. The van der Waals surface area contributed by atoms with Crippen LogP contribution in [-0.2, 0) is 19.6 Å². The van der Waals surface area contributed by atoms with Gasteiger partial charge in [-0.25, -0.2) is 8.42 Å². The second-order valence-electron chi connectivity index (χ2n) is 4.73. The minimum atomic E-state index is -3.76. The first-order valence-electron chi connectivity index (χ1n) is 6.39. The predicted octanol–water partition coefficient (Wildman–Crippen LogP) is 3.16. The normalized spacial score (nSPS) is 20.4. The number of hydrogen-bond donors (Lipinski definition) is 0. The zero-order valence-corrected chi connectivity index (χ0v) is 14.5. The van der Waals surface area contributed by atoms with E-state index < -0.39 is 22.0 Å². The Morgan fingerprint density at radius 3 is 2.76 bits per heavy atom. The van der Waals surface area contributed by atoms with E-state index in [1.165, 1.54) is 17.5 Å². The van der Waals surface area contributed by atoms with Crippen molar-refractivity contribution in [3.63, 3.8) is 0 Å². The van der Waals surface area contributed by atoms with E-state index in [0.29, 0.717) is 17.3 Å². The number of carbonyl (C=O) groups is 1. The summed E-state index contributed by atoms with van der Waals surface area (Å²) in [5.74, 6) is -0.420. The highest BCUT2D eigenvalue weighted by molar-refractivity contribution is 7.89. The number of carbonyl (C=O) groups excluding carboxylic acids is 1. The molecule has 0 radical (unpaired) electrons. The third-order valence-electron chi connectivity index (χ3n) is 3.42. The van der Waals surface area contributed by atoms with Crippen LogP contribution in [0.5, 0.6) is 0 Å². The van der Waals surface area contributed by atoms with Crippen LogP contribution in [0.2, 0.25) is 8.67 Å². The Balaban J connectivity index is 2.31. The minimum absolute atomic E-state index is 0.0101. The second kappa shape index (κ2) is 6.83. The fourth-order valence-corrected chi connectivity index (χ4v) is 6.20. The van der Waals surface area contributed by atoms with Crippen LogP contribution in [-0.4, -0.2) is 38.4 Å². The van der Waals surface area contributed by atoms with E-state index in [2.05, 4.69) is 4.74 Å². The summed E-state index contributed by atoms with van der Waals surface area (Å²) >= 11 is 12.8. The molecule has 1 unspecified atom stereocenters. The maximum Gasteiger partial charge on any atom is 0.307 e. The Hall–Kier alpha value is -0.340. The Kier molecular flexibility index (Phi) is 5.54. The van der Waals surface area contributed by atoms with Crippen molar-refractivity contribution in [1.82, 2.24) is 4.31 Å². The number of sulfonamides is 1. The lowest BCUT2D eigenvalue weighted by atomic mass is 10.0. The Bertz CT molecular complexity index is 629. The summed E-state index contributed by atoms with van der Waals surface area (Å²) in [6.45, 7) is 0.369. The van der Waals surface area contributed by atoms with Gasteiger partial charge in [0.25, 0.3) is 0 Å². The zero-order valence-electron chi connectivity index (χ0n) is 11.3. The first kappa shape index (κ1) is 17.0. The number of esters is 1. The quantitative estimate of drug-likeness (QED) is 0.762. The first-order chi connectivity index (χ1) is 9.86. The molecule has 0 N–H and O–H groups in total. The number of thiophene rings is 1. The molecule has 118 valence electrons. The Labute approximate surface area is 137 Å². The molecule has 0 spiro atoms. The molecule has 0 aliphatic carbocycles. The SMILES string of the molecule is COC(=O)CC1CCCCN1S(=O)(=O)c1cc(Cl)sc1Cl. The van der Waals surface area contributed by atoms with E-state index in [-0.39, 0.29) is 15.7 Å². The number of ether oxygens (including phenoxy) is 1. The van der Waals surface area contributed by atoms with Gasteiger partial charge in [0.15, 0.2) is 0 Å². The van der Waals surface area contributed by atoms with Gasteiger partial charge < -0.3 is 4.74 Å². The lowest BCUT2D eigenvalue weighted by Crippen LogP contribution is -2.44. The van der Waals surface area contributed by atoms with Gasteiger partial charge in [0.05, 0.1) is 17.9 Å². The molecule has 0 bridgehead atoms. The smallest absolute Gasteiger partial charge is 0.307 e. The summed E-state index contributed by atoms with van der Waals surface area (Å²) in [5, 5.41) is 0. The largest absolute Gasteiger partial charge is 0.469 e. The van der Waals surface area contributed by atoms with Crippen molar-refractivity contribution in [3.8, 4) is 0 Å². The molecular formula is C12H15Cl2NO4S2. The highest BCUT2D eigenvalue weighted by Crippen LogP contribution is 2.37. The molecule has 21 heavy (non-hydrogen) atoms. The molecule has 1 atom stereocenters. The molecule has 0 amide bonds. The Morgan fingerprint density at radius 2 is 2.19 bits per heavy atom. The maximum absolute atomic E-state index is 12.7. The molecular weight excluding hydrogens is 357 g/mol. The van der Waals surface area contributed by atoms with Crippen LogP contribution in [0, 0.1) is 0 Å². The lowest BCUT2D eigenvalue weighted by molar-refractivity contribution is -0.141. The van der Waals surface area contributed by atoms with Crippen LogP contribution in [0.15, 0.2) is 11.0 Å². The highest BCUT2D eigenvalue weighted by atomic mass is 35.5. The van der Waals surface area contributed by atoms with Crippen molar-refractivity contribution in [2.75, 3.05) is 13.7 Å². The van der Waals surface area contributed by atoms with Gasteiger partial charge in [-0.3, -0.25) is 4.79 Å². The molecule has 0 aromatic carbocycles. The van der Waals surface area contributed by atoms with E-state index >= 15 is 0 Å². The second-order valence-corrected chi connectivity index (χ2v) is 8.88. The van der Waals surface area contributed by atoms with Crippen LogP contribution in [0.25, 0.3) is 0 Å². The predicted molar refractivity (Wildman–Crippen MR) is 82.5 cm³/mol. The van der Waals surface area contributed by atoms with Gasteiger partial charge in [-0.05, 0) is 18.9 Å². The number of hydrogen-bond acceptors (Lipinski definition) is 5. The molecule has 0 saturated carbocycles. The standard InChI is InChI=1S/C12H15Cl2NO4S2/c1-19-11(16)6-8-4-2-3-5-15(8)21(17,18)9-7-10(13)20-12(9)14/h7-8H,2-6H2,1H3. The number of methoxy groups -OCH3 is 1. The molecule has 2 rings (SSSR count). The molecule has 1 aliphatic heterocycles. The van der Waals surface area contributed by atoms with E-state index in [1.54, 1.807) is 0 Å². The van der Waals surface area contributed by atoms with Crippen molar-refractivity contribution in [3.05, 3.63) is 14.7 Å². The zero-order chi connectivity index (χ0) is 15.6. The van der Waals surface area contributed by atoms with Gasteiger partial charge in [-0.15, -0.1) is 11.3 Å². The van der Waals surface area contributed by atoms with Crippen LogP contribution in [0.1, 0.15) is 25.7 Å². The van der Waals surface area contributed by atoms with Gasteiger partial charge in [0.2, 0.25) is 10.0 Å². The van der Waals surface area contributed by atoms with Gasteiger partial charge in [-0.2, -0.15) is 4.31 Å². The molecule has 2 heterocycles. The van der Waals surface area contributed by atoms with E-state index in [1.807, 2.05) is 0 Å². The molecule has 5 nitrogen and oxygen atoms in total. The van der Waals surface area contributed by atoms with Crippen molar-refractivity contribution in [2.45, 2.75) is 36.6 Å². The van der Waals surface area contributed by atoms with E-state index in [0.717, 1.165) is 24.2 Å². The summed E-state index contributed by atoms with van der Waals surface area (Å²) in [6, 6.07) is 0.958. The third kappa shape index (κ3) is 3.71. The van der Waals surface area contributed by atoms with Crippen molar-refractivity contribution in [1.29, 1.82) is 0 Å². The van der Waals surface area contributed by atoms with Crippen molar-refractivity contribution in [2.24, 2.45) is 0 Å². The van der Waals surface area contributed by atoms with E-state index in [9.17, 15) is 13.2 Å². The summed E-state index contributed by atoms with van der Waals surface area (Å²) < 4.78 is 31.9. The van der Waals surface area contributed by atoms with Gasteiger partial charge in [-0.1, -0.05) is 29.6 Å². The third-order valence-corrected chi connectivity index (χ3v) is 7.12. The molecule has 9 heteroatoms. The number of rotatable bonds is 4. The average Bonchev–Trinajstić information content (AvgIpc) is 2.78. The topological polar surface area (TPSA) is 63.7 Å². The molecule has 1 aliphatic rings. The van der Waals surface area contributed by atoms with Crippen LogP contribution >= 0.6 is 34.5 Å². The summed E-state index contributed by atoms with van der Waals surface area (Å²) in [5.41, 5.74) is 0. The fraction of sp³-hybridized carbons (Fsp3) is 0.583. The van der Waals surface area contributed by atoms with Crippen molar-refractivity contribution >= 4 is 50.5 Å². The summed E-state index contributed by atoms with van der Waals surface area (Å²) in [7, 11) is -2.46. The number of piperidine rings is 1. The molecule has 1 fully saturated rings. The van der Waals surface area contributed by atoms with Gasteiger partial charge in [0.1, 0.15) is 9.23 Å². The lowest BCUT2D eigenvalue weighted by Gasteiger charge is -2.33. The molecule has 1 aromatic heterocycles. The van der Waals surface area contributed by atoms with Crippen molar-refractivity contribution < 1.29 is 17.9 Å². The minimum Gasteiger partial charge on any atom is -0.469 e. The monoisotopic (exact) mass is 371 g/mol. The van der Waals surface area contributed by atoms with Gasteiger partial charge >= 0.3 is 5.97 Å². The maximum atomic E-state index is 12.7. The highest BCUT2D eigenvalue weighted by Gasteiger charge is 2.36. The van der Waals surface area contributed by atoms with Gasteiger partial charge in [0, 0.05) is 12.6 Å². The van der Waals surface area contributed by atoms with E-state index in [4.69, 9.17) is 23.2 Å². The summed E-state index contributed by atoms with van der Waals surface area (Å²) in [6.07, 6.45) is 2.31. The Morgan fingerprint density at radius 1 is 1.48 bits per heavy atom. The molecule has 1 saturated heterocycles. The summed E-state index contributed by atoms with van der Waals surface area (Å²) in [4.78, 5) is 11.5. The van der Waals surface area contributed by atoms with Crippen LogP contribution < -0.4 is 0 Å².